The van der Waals surface area contributed by atoms with Crippen LogP contribution in [0.2, 0.25) is 10.0 Å². The molecular formula is C9H8Cl2O. The van der Waals surface area contributed by atoms with Gasteiger partial charge in [0.1, 0.15) is 5.75 Å². The van der Waals surface area contributed by atoms with Crippen LogP contribution in [0, 0.1) is 0 Å². The maximum Gasteiger partial charge on any atom is 0.121 e. The molecule has 0 aromatic heterocycles. The van der Waals surface area contributed by atoms with Gasteiger partial charge in [0.15, 0.2) is 0 Å². The average Bonchev–Trinajstić information content (AvgIpc) is 2.09. The molecule has 0 aliphatic heterocycles. The smallest absolute Gasteiger partial charge is 0.121 e. The Morgan fingerprint density at radius 3 is 2.58 bits per heavy atom. The first-order chi connectivity index (χ1) is 5.69. The highest BCUT2D eigenvalue weighted by Crippen LogP contribution is 2.31. The second-order valence-electron chi connectivity index (χ2n) is 2.22. The van der Waals surface area contributed by atoms with Crippen LogP contribution in [-0.2, 0) is 0 Å². The molecule has 3 heteroatoms. The van der Waals surface area contributed by atoms with Crippen LogP contribution in [0.15, 0.2) is 18.7 Å². The predicted molar refractivity (Wildman–Crippen MR) is 53.1 cm³/mol. The molecule has 0 bridgehead atoms. The van der Waals surface area contributed by atoms with Gasteiger partial charge in [0, 0.05) is 6.07 Å². The summed E-state index contributed by atoms with van der Waals surface area (Å²) in [7, 11) is 1.58. The second kappa shape index (κ2) is 3.83. The molecule has 0 aliphatic rings. The molecule has 64 valence electrons. The molecule has 0 amide bonds. The summed E-state index contributed by atoms with van der Waals surface area (Å²) in [6.07, 6.45) is 1.64. The monoisotopic (exact) mass is 202 g/mol. The zero-order valence-electron chi connectivity index (χ0n) is 6.60. The summed E-state index contributed by atoms with van der Waals surface area (Å²) in [6, 6.07) is 3.44. The lowest BCUT2D eigenvalue weighted by Gasteiger charge is -2.04. The third kappa shape index (κ3) is 1.74. The molecule has 0 aliphatic carbocycles. The van der Waals surface area contributed by atoms with Crippen LogP contribution >= 0.6 is 23.2 Å². The zero-order valence-corrected chi connectivity index (χ0v) is 8.12. The summed E-state index contributed by atoms with van der Waals surface area (Å²) >= 11 is 11.7. The Bertz CT molecular complexity index is 308. The zero-order chi connectivity index (χ0) is 9.14. The van der Waals surface area contributed by atoms with E-state index >= 15 is 0 Å². The molecule has 0 heterocycles. The molecule has 0 N–H and O–H groups in total. The minimum atomic E-state index is 0.478. The number of rotatable bonds is 2. The third-order valence-corrected chi connectivity index (χ3v) is 2.30. The van der Waals surface area contributed by atoms with Gasteiger partial charge in [0.2, 0.25) is 0 Å². The van der Waals surface area contributed by atoms with Gasteiger partial charge in [0.25, 0.3) is 0 Å². The van der Waals surface area contributed by atoms with Gasteiger partial charge in [0.05, 0.1) is 17.2 Å². The van der Waals surface area contributed by atoms with Gasteiger partial charge in [-0.3, -0.25) is 0 Å². The maximum absolute atomic E-state index is 5.86. The minimum Gasteiger partial charge on any atom is -0.497 e. The number of methoxy groups -OCH3 is 1. The number of hydrogen-bond donors (Lipinski definition) is 0. The Hall–Kier alpha value is -0.660. The average molecular weight is 203 g/mol. The molecule has 0 atom stereocenters. The highest BCUT2D eigenvalue weighted by atomic mass is 35.5. The van der Waals surface area contributed by atoms with Crippen molar-refractivity contribution in [2.75, 3.05) is 7.11 Å². The van der Waals surface area contributed by atoms with Crippen molar-refractivity contribution in [2.24, 2.45) is 0 Å². The minimum absolute atomic E-state index is 0.478. The van der Waals surface area contributed by atoms with Crippen molar-refractivity contribution in [3.63, 3.8) is 0 Å². The largest absolute Gasteiger partial charge is 0.497 e. The number of benzene rings is 1. The van der Waals surface area contributed by atoms with Crippen LogP contribution in [0.1, 0.15) is 5.56 Å². The van der Waals surface area contributed by atoms with E-state index in [2.05, 4.69) is 6.58 Å². The van der Waals surface area contributed by atoms with Crippen LogP contribution < -0.4 is 4.74 Å². The number of ether oxygens (including phenoxy) is 1. The fourth-order valence-electron chi connectivity index (χ4n) is 0.851. The molecular weight excluding hydrogens is 195 g/mol. The lowest BCUT2D eigenvalue weighted by Crippen LogP contribution is -1.85. The van der Waals surface area contributed by atoms with Gasteiger partial charge in [-0.25, -0.2) is 0 Å². The van der Waals surface area contributed by atoms with E-state index in [1.165, 1.54) is 0 Å². The standard InChI is InChI=1S/C9H8Cl2O/c1-3-6-4-7(12-2)5-8(10)9(6)11/h3-5H,1H2,2H3. The van der Waals surface area contributed by atoms with Crippen LogP contribution in [0.3, 0.4) is 0 Å². The van der Waals surface area contributed by atoms with Crippen molar-refractivity contribution in [2.45, 2.75) is 0 Å². The van der Waals surface area contributed by atoms with E-state index in [0.717, 1.165) is 5.56 Å². The van der Waals surface area contributed by atoms with Gasteiger partial charge in [-0.05, 0) is 11.6 Å². The van der Waals surface area contributed by atoms with E-state index in [1.807, 2.05) is 0 Å². The van der Waals surface area contributed by atoms with Crippen molar-refractivity contribution in [3.8, 4) is 5.75 Å². The van der Waals surface area contributed by atoms with E-state index in [-0.39, 0.29) is 0 Å². The Kier molecular flexibility index (Phi) is 3.01. The number of hydrogen-bond acceptors (Lipinski definition) is 1. The highest BCUT2D eigenvalue weighted by molar-refractivity contribution is 6.43. The fraction of sp³-hybridized carbons (Fsp3) is 0.111. The Balaban J connectivity index is 3.28. The predicted octanol–water partition coefficient (Wildman–Crippen LogP) is 3.65. The first-order valence-corrected chi connectivity index (χ1v) is 4.10. The van der Waals surface area contributed by atoms with E-state index in [1.54, 1.807) is 25.3 Å². The molecule has 0 saturated heterocycles. The summed E-state index contributed by atoms with van der Waals surface area (Å²) < 4.78 is 5.00. The summed E-state index contributed by atoms with van der Waals surface area (Å²) in [4.78, 5) is 0. The van der Waals surface area contributed by atoms with Crippen molar-refractivity contribution in [1.82, 2.24) is 0 Å². The molecule has 12 heavy (non-hydrogen) atoms. The Morgan fingerprint density at radius 2 is 2.08 bits per heavy atom. The summed E-state index contributed by atoms with van der Waals surface area (Å²) in [5.74, 6) is 0.680. The van der Waals surface area contributed by atoms with Crippen molar-refractivity contribution >= 4 is 29.3 Å². The van der Waals surface area contributed by atoms with Gasteiger partial charge < -0.3 is 4.74 Å². The lowest BCUT2D eigenvalue weighted by atomic mass is 10.2. The van der Waals surface area contributed by atoms with Gasteiger partial charge in [-0.1, -0.05) is 35.9 Å². The fourth-order valence-corrected chi connectivity index (χ4v) is 1.25. The molecule has 1 nitrogen and oxygen atoms in total. The third-order valence-electron chi connectivity index (χ3n) is 1.49. The Labute approximate surface area is 81.6 Å². The van der Waals surface area contributed by atoms with Crippen molar-refractivity contribution in [3.05, 3.63) is 34.3 Å². The van der Waals surface area contributed by atoms with Gasteiger partial charge in [-0.15, -0.1) is 0 Å². The molecule has 1 rings (SSSR count). The maximum atomic E-state index is 5.86. The molecule has 0 spiro atoms. The van der Waals surface area contributed by atoms with E-state index in [4.69, 9.17) is 27.9 Å². The first kappa shape index (κ1) is 9.43. The highest BCUT2D eigenvalue weighted by Gasteiger charge is 2.04. The van der Waals surface area contributed by atoms with E-state index in [0.29, 0.717) is 15.8 Å². The van der Waals surface area contributed by atoms with Gasteiger partial charge in [-0.2, -0.15) is 0 Å². The summed E-state index contributed by atoms with van der Waals surface area (Å²) in [6.45, 7) is 3.61. The van der Waals surface area contributed by atoms with Crippen molar-refractivity contribution < 1.29 is 4.74 Å². The lowest BCUT2D eigenvalue weighted by molar-refractivity contribution is 0.415. The molecule has 0 saturated carbocycles. The molecule has 0 unspecified atom stereocenters. The quantitative estimate of drug-likeness (QED) is 0.712. The Morgan fingerprint density at radius 1 is 1.42 bits per heavy atom. The van der Waals surface area contributed by atoms with E-state index in [9.17, 15) is 0 Å². The van der Waals surface area contributed by atoms with Crippen LogP contribution in [0.4, 0.5) is 0 Å². The first-order valence-electron chi connectivity index (χ1n) is 3.34. The second-order valence-corrected chi connectivity index (χ2v) is 3.00. The molecule has 0 fully saturated rings. The summed E-state index contributed by atoms with van der Waals surface area (Å²) in [5, 5.41) is 0.985. The van der Waals surface area contributed by atoms with Crippen LogP contribution in [0.5, 0.6) is 5.75 Å². The van der Waals surface area contributed by atoms with Crippen molar-refractivity contribution in [1.29, 1.82) is 0 Å². The number of halogens is 2. The van der Waals surface area contributed by atoms with E-state index < -0.39 is 0 Å². The summed E-state index contributed by atoms with van der Waals surface area (Å²) in [5.41, 5.74) is 0.779. The SMILES string of the molecule is C=Cc1cc(OC)cc(Cl)c1Cl. The normalized spacial score (nSPS) is 9.58. The molecule has 0 radical (unpaired) electrons. The van der Waals surface area contributed by atoms with Crippen LogP contribution in [-0.4, -0.2) is 7.11 Å². The molecule has 1 aromatic carbocycles. The van der Waals surface area contributed by atoms with Gasteiger partial charge >= 0.3 is 0 Å². The topological polar surface area (TPSA) is 9.23 Å². The molecule has 1 aromatic rings. The van der Waals surface area contributed by atoms with Crippen LogP contribution in [0.25, 0.3) is 6.08 Å².